The third-order valence-corrected chi connectivity index (χ3v) is 2.63. The summed E-state index contributed by atoms with van der Waals surface area (Å²) in [7, 11) is 5.02. The number of benzene rings is 1. The van der Waals surface area contributed by atoms with Gasteiger partial charge in [-0.1, -0.05) is 0 Å². The van der Waals surface area contributed by atoms with Crippen LogP contribution in [0.3, 0.4) is 0 Å². The van der Waals surface area contributed by atoms with Gasteiger partial charge in [0.1, 0.15) is 11.9 Å². The number of ether oxygens (including phenoxy) is 2. The van der Waals surface area contributed by atoms with Gasteiger partial charge >= 0.3 is 0 Å². The topological polar surface area (TPSA) is 60.1 Å². The summed E-state index contributed by atoms with van der Waals surface area (Å²) >= 11 is 0. The van der Waals surface area contributed by atoms with Crippen LogP contribution >= 0.6 is 0 Å². The van der Waals surface area contributed by atoms with Crippen molar-refractivity contribution in [3.8, 4) is 29.0 Å². The predicted molar refractivity (Wildman–Crippen MR) is 66.5 cm³/mol. The molecule has 2 rings (SSSR count). The van der Waals surface area contributed by atoms with E-state index < -0.39 is 0 Å². The summed E-state index contributed by atoms with van der Waals surface area (Å²) in [5, 5.41) is 8.83. The molecule has 0 bridgehead atoms. The second kappa shape index (κ2) is 4.80. The lowest BCUT2D eigenvalue weighted by Gasteiger charge is -2.09. The fourth-order valence-corrected chi connectivity index (χ4v) is 1.76. The number of nitriles is 1. The summed E-state index contributed by atoms with van der Waals surface area (Å²) in [6.45, 7) is 0. The van der Waals surface area contributed by atoms with E-state index >= 15 is 0 Å². The minimum absolute atomic E-state index is 0.391. The zero-order valence-electron chi connectivity index (χ0n) is 10.5. The van der Waals surface area contributed by atoms with Gasteiger partial charge in [-0.05, 0) is 18.2 Å². The van der Waals surface area contributed by atoms with Crippen molar-refractivity contribution in [3.63, 3.8) is 0 Å². The van der Waals surface area contributed by atoms with Crippen molar-refractivity contribution >= 4 is 0 Å². The van der Waals surface area contributed by atoms with Gasteiger partial charge in [0.2, 0.25) is 0 Å². The maximum Gasteiger partial charge on any atom is 0.161 e. The lowest BCUT2D eigenvalue weighted by molar-refractivity contribution is 0.355. The molecule has 0 amide bonds. The lowest BCUT2D eigenvalue weighted by atomic mass is 10.2. The van der Waals surface area contributed by atoms with E-state index in [2.05, 4.69) is 4.98 Å². The SMILES string of the molecule is COc1ccc(-c2nc(C#N)cn2C)cc1OC. The van der Waals surface area contributed by atoms with E-state index in [1.807, 2.05) is 31.3 Å². The summed E-state index contributed by atoms with van der Waals surface area (Å²) in [6, 6.07) is 7.55. The molecule has 0 aliphatic rings. The number of imidazole rings is 1. The van der Waals surface area contributed by atoms with Crippen LogP contribution in [-0.4, -0.2) is 23.8 Å². The molecule has 2 aromatic rings. The van der Waals surface area contributed by atoms with Crippen LogP contribution in [-0.2, 0) is 7.05 Å². The summed E-state index contributed by atoms with van der Waals surface area (Å²) in [6.07, 6.45) is 1.69. The van der Waals surface area contributed by atoms with E-state index in [9.17, 15) is 0 Å². The summed E-state index contributed by atoms with van der Waals surface area (Å²) in [5.74, 6) is 2.01. The molecule has 92 valence electrons. The predicted octanol–water partition coefficient (Wildman–Crippen LogP) is 1.98. The number of methoxy groups -OCH3 is 2. The number of aryl methyl sites for hydroxylation is 1. The molecule has 5 nitrogen and oxygen atoms in total. The largest absolute Gasteiger partial charge is 0.493 e. The van der Waals surface area contributed by atoms with Crippen molar-refractivity contribution in [1.29, 1.82) is 5.26 Å². The Balaban J connectivity index is 2.51. The quantitative estimate of drug-likeness (QED) is 0.827. The zero-order valence-corrected chi connectivity index (χ0v) is 10.5. The van der Waals surface area contributed by atoms with Gasteiger partial charge in [-0.2, -0.15) is 5.26 Å². The Morgan fingerprint density at radius 2 is 1.94 bits per heavy atom. The van der Waals surface area contributed by atoms with Crippen LogP contribution in [0.1, 0.15) is 5.69 Å². The van der Waals surface area contributed by atoms with E-state index in [-0.39, 0.29) is 0 Å². The van der Waals surface area contributed by atoms with Gasteiger partial charge in [0, 0.05) is 18.8 Å². The van der Waals surface area contributed by atoms with Gasteiger partial charge in [-0.25, -0.2) is 4.98 Å². The molecular weight excluding hydrogens is 230 g/mol. The van der Waals surface area contributed by atoms with Gasteiger partial charge in [0.05, 0.1) is 14.2 Å². The molecule has 0 aliphatic heterocycles. The second-order valence-corrected chi connectivity index (χ2v) is 3.74. The van der Waals surface area contributed by atoms with E-state index in [1.165, 1.54) is 0 Å². The average molecular weight is 243 g/mol. The Morgan fingerprint density at radius 3 is 2.50 bits per heavy atom. The molecule has 0 saturated heterocycles. The van der Waals surface area contributed by atoms with Crippen LogP contribution < -0.4 is 9.47 Å². The first-order valence-electron chi connectivity index (χ1n) is 5.35. The second-order valence-electron chi connectivity index (χ2n) is 3.74. The molecule has 0 saturated carbocycles. The lowest BCUT2D eigenvalue weighted by Crippen LogP contribution is -1.94. The number of nitrogens with zero attached hydrogens (tertiary/aromatic N) is 3. The Labute approximate surface area is 105 Å². The van der Waals surface area contributed by atoms with Gasteiger partial charge < -0.3 is 14.0 Å². The maximum atomic E-state index is 8.83. The van der Waals surface area contributed by atoms with Crippen LogP contribution in [0.15, 0.2) is 24.4 Å². The van der Waals surface area contributed by atoms with Crippen molar-refractivity contribution in [2.75, 3.05) is 14.2 Å². The molecule has 1 aromatic carbocycles. The van der Waals surface area contributed by atoms with E-state index in [0.717, 1.165) is 5.56 Å². The van der Waals surface area contributed by atoms with E-state index in [4.69, 9.17) is 14.7 Å². The monoisotopic (exact) mass is 243 g/mol. The first-order chi connectivity index (χ1) is 8.69. The van der Waals surface area contributed by atoms with Crippen molar-refractivity contribution in [2.24, 2.45) is 7.05 Å². The third-order valence-electron chi connectivity index (χ3n) is 2.63. The molecule has 0 unspecified atom stereocenters. The van der Waals surface area contributed by atoms with Crippen LogP contribution in [0.2, 0.25) is 0 Å². The molecule has 1 heterocycles. The van der Waals surface area contributed by atoms with Gasteiger partial charge in [0.15, 0.2) is 17.2 Å². The Kier molecular flexibility index (Phi) is 3.20. The number of hydrogen-bond donors (Lipinski definition) is 0. The molecule has 0 spiro atoms. The molecule has 0 radical (unpaired) electrons. The highest BCUT2D eigenvalue weighted by Crippen LogP contribution is 2.31. The summed E-state index contributed by atoms with van der Waals surface area (Å²) < 4.78 is 12.2. The summed E-state index contributed by atoms with van der Waals surface area (Å²) in [4.78, 5) is 4.23. The Morgan fingerprint density at radius 1 is 1.22 bits per heavy atom. The van der Waals surface area contributed by atoms with Crippen LogP contribution in [0.4, 0.5) is 0 Å². The highest BCUT2D eigenvalue weighted by molar-refractivity contribution is 5.62. The maximum absolute atomic E-state index is 8.83. The van der Waals surface area contributed by atoms with Crippen molar-refractivity contribution in [1.82, 2.24) is 9.55 Å². The standard InChI is InChI=1S/C13H13N3O2/c1-16-8-10(7-14)15-13(16)9-4-5-11(17-2)12(6-9)18-3/h4-6,8H,1-3H3. The normalized spacial score (nSPS) is 9.89. The van der Waals surface area contributed by atoms with Crippen molar-refractivity contribution < 1.29 is 9.47 Å². The Hall–Kier alpha value is -2.48. The van der Waals surface area contributed by atoms with E-state index in [1.54, 1.807) is 25.0 Å². The molecule has 0 aliphatic carbocycles. The number of aromatic nitrogens is 2. The molecule has 5 heteroatoms. The highest BCUT2D eigenvalue weighted by Gasteiger charge is 2.11. The first kappa shape index (κ1) is 12.0. The smallest absolute Gasteiger partial charge is 0.161 e. The number of rotatable bonds is 3. The number of hydrogen-bond acceptors (Lipinski definition) is 4. The van der Waals surface area contributed by atoms with Crippen molar-refractivity contribution in [2.45, 2.75) is 0 Å². The molecular formula is C13H13N3O2. The van der Waals surface area contributed by atoms with E-state index in [0.29, 0.717) is 23.0 Å². The molecule has 1 aromatic heterocycles. The minimum Gasteiger partial charge on any atom is -0.493 e. The Bertz CT molecular complexity index is 611. The van der Waals surface area contributed by atoms with Crippen molar-refractivity contribution in [3.05, 3.63) is 30.1 Å². The molecule has 0 atom stereocenters. The van der Waals surface area contributed by atoms with Crippen LogP contribution in [0, 0.1) is 11.3 Å². The van der Waals surface area contributed by atoms with Gasteiger partial charge in [-0.3, -0.25) is 0 Å². The molecule has 0 fully saturated rings. The fraction of sp³-hybridized carbons (Fsp3) is 0.231. The van der Waals surface area contributed by atoms with Gasteiger partial charge in [0.25, 0.3) is 0 Å². The zero-order chi connectivity index (χ0) is 13.1. The van der Waals surface area contributed by atoms with Crippen LogP contribution in [0.5, 0.6) is 11.5 Å². The minimum atomic E-state index is 0.391. The molecule has 18 heavy (non-hydrogen) atoms. The summed E-state index contributed by atoms with van der Waals surface area (Å²) in [5.41, 5.74) is 1.26. The first-order valence-corrected chi connectivity index (χ1v) is 5.35. The third kappa shape index (κ3) is 2.00. The van der Waals surface area contributed by atoms with Crippen LogP contribution in [0.25, 0.3) is 11.4 Å². The molecule has 0 N–H and O–H groups in total. The fourth-order valence-electron chi connectivity index (χ4n) is 1.76. The highest BCUT2D eigenvalue weighted by atomic mass is 16.5. The average Bonchev–Trinajstić information content (AvgIpc) is 2.79. The van der Waals surface area contributed by atoms with Gasteiger partial charge in [-0.15, -0.1) is 0 Å².